The van der Waals surface area contributed by atoms with Gasteiger partial charge >= 0.3 is 0 Å². The minimum atomic E-state index is -0.486. The maximum absolute atomic E-state index is 12.7. The molecule has 2 heterocycles. The van der Waals surface area contributed by atoms with Crippen molar-refractivity contribution >= 4 is 11.6 Å². The first-order chi connectivity index (χ1) is 11.4. The maximum Gasteiger partial charge on any atom is 0.294 e. The second kappa shape index (κ2) is 6.04. The number of hydrogen-bond acceptors (Lipinski definition) is 5. The molecular formula is C16H19N5O3. The summed E-state index contributed by atoms with van der Waals surface area (Å²) in [5.74, 6) is -0.201. The molecule has 0 bridgehead atoms. The summed E-state index contributed by atoms with van der Waals surface area (Å²) < 4.78 is 1.55. The second-order valence-corrected chi connectivity index (χ2v) is 6.42. The van der Waals surface area contributed by atoms with Crippen LogP contribution in [-0.2, 0) is 0 Å². The number of benzene rings is 1. The lowest BCUT2D eigenvalue weighted by Gasteiger charge is -2.22. The van der Waals surface area contributed by atoms with E-state index in [4.69, 9.17) is 5.73 Å². The van der Waals surface area contributed by atoms with Crippen molar-refractivity contribution in [1.29, 1.82) is 0 Å². The number of nitro groups is 1. The minimum absolute atomic E-state index is 0.0850. The number of amides is 1. The normalized spacial score (nSPS) is 20.3. The van der Waals surface area contributed by atoms with Crippen molar-refractivity contribution in [2.75, 3.05) is 19.6 Å². The molecule has 1 aromatic heterocycles. The van der Waals surface area contributed by atoms with Gasteiger partial charge in [0.05, 0.1) is 11.3 Å². The van der Waals surface area contributed by atoms with Crippen LogP contribution in [0.1, 0.15) is 23.7 Å². The standard InChI is InChI=1S/C16H19N5O3/c1-16(9-17)4-6-19(10-16)15(22)12-2-3-13(14(8-12)21(23)24)20-7-5-18-11-20/h2-3,5,7-8,11H,4,6,9-10,17H2,1H3. The van der Waals surface area contributed by atoms with E-state index in [1.54, 1.807) is 34.0 Å². The summed E-state index contributed by atoms with van der Waals surface area (Å²) in [7, 11) is 0. The van der Waals surface area contributed by atoms with E-state index < -0.39 is 4.92 Å². The fourth-order valence-electron chi connectivity index (χ4n) is 2.97. The number of carbonyl (C=O) groups is 1. The van der Waals surface area contributed by atoms with E-state index in [-0.39, 0.29) is 17.0 Å². The van der Waals surface area contributed by atoms with Crippen LogP contribution in [0.3, 0.4) is 0 Å². The summed E-state index contributed by atoms with van der Waals surface area (Å²) >= 11 is 0. The van der Waals surface area contributed by atoms with Gasteiger partial charge in [0.15, 0.2) is 0 Å². The molecule has 1 aliphatic rings. The van der Waals surface area contributed by atoms with Gasteiger partial charge in [0.2, 0.25) is 0 Å². The van der Waals surface area contributed by atoms with E-state index in [9.17, 15) is 14.9 Å². The summed E-state index contributed by atoms with van der Waals surface area (Å²) in [5, 5.41) is 11.4. The fraction of sp³-hybridized carbons (Fsp3) is 0.375. The van der Waals surface area contributed by atoms with Crippen LogP contribution in [0.25, 0.3) is 5.69 Å². The van der Waals surface area contributed by atoms with Crippen LogP contribution in [0.4, 0.5) is 5.69 Å². The smallest absolute Gasteiger partial charge is 0.294 e. The highest BCUT2D eigenvalue weighted by Crippen LogP contribution is 2.31. The topological polar surface area (TPSA) is 107 Å². The Hall–Kier alpha value is -2.74. The number of nitro benzene ring substituents is 1. The number of carbonyl (C=O) groups excluding carboxylic acids is 1. The molecule has 1 atom stereocenters. The molecule has 1 aromatic carbocycles. The Kier molecular flexibility index (Phi) is 4.06. The Morgan fingerprint density at radius 2 is 2.29 bits per heavy atom. The van der Waals surface area contributed by atoms with Crippen LogP contribution in [0, 0.1) is 15.5 Å². The van der Waals surface area contributed by atoms with Crippen LogP contribution in [0.5, 0.6) is 0 Å². The Balaban J connectivity index is 1.91. The molecule has 1 unspecified atom stereocenters. The zero-order chi connectivity index (χ0) is 17.3. The third-order valence-corrected chi connectivity index (χ3v) is 4.54. The number of hydrogen-bond donors (Lipinski definition) is 1. The monoisotopic (exact) mass is 329 g/mol. The van der Waals surface area contributed by atoms with Crippen LogP contribution in [-0.4, -0.2) is 44.9 Å². The molecule has 0 aliphatic carbocycles. The van der Waals surface area contributed by atoms with Gasteiger partial charge in [-0.2, -0.15) is 0 Å². The van der Waals surface area contributed by atoms with Crippen LogP contribution >= 0.6 is 0 Å². The van der Waals surface area contributed by atoms with Gasteiger partial charge in [0, 0.05) is 37.1 Å². The highest BCUT2D eigenvalue weighted by atomic mass is 16.6. The van der Waals surface area contributed by atoms with Crippen molar-refractivity contribution in [2.24, 2.45) is 11.1 Å². The number of imidazole rings is 1. The molecule has 3 rings (SSSR count). The molecule has 2 N–H and O–H groups in total. The molecule has 0 spiro atoms. The average molecular weight is 329 g/mol. The van der Waals surface area contributed by atoms with Crippen molar-refractivity contribution in [3.8, 4) is 5.69 Å². The average Bonchev–Trinajstić information content (AvgIpc) is 3.24. The summed E-state index contributed by atoms with van der Waals surface area (Å²) in [5.41, 5.74) is 6.25. The molecule has 1 fully saturated rings. The molecule has 8 heteroatoms. The van der Waals surface area contributed by atoms with E-state index in [0.717, 1.165) is 6.42 Å². The van der Waals surface area contributed by atoms with Gasteiger partial charge in [0.25, 0.3) is 11.6 Å². The Morgan fingerprint density at radius 1 is 1.50 bits per heavy atom. The first kappa shape index (κ1) is 16.1. The van der Waals surface area contributed by atoms with E-state index in [0.29, 0.717) is 30.9 Å². The van der Waals surface area contributed by atoms with E-state index in [1.807, 2.05) is 6.92 Å². The summed E-state index contributed by atoms with van der Waals surface area (Å²) in [6.45, 7) is 3.74. The predicted octanol–water partition coefficient (Wildman–Crippen LogP) is 1.59. The zero-order valence-electron chi connectivity index (χ0n) is 13.4. The molecule has 1 aliphatic heterocycles. The highest BCUT2D eigenvalue weighted by molar-refractivity contribution is 5.95. The Labute approximate surface area is 139 Å². The largest absolute Gasteiger partial charge is 0.338 e. The highest BCUT2D eigenvalue weighted by Gasteiger charge is 2.35. The van der Waals surface area contributed by atoms with Crippen molar-refractivity contribution in [3.05, 3.63) is 52.6 Å². The van der Waals surface area contributed by atoms with Crippen molar-refractivity contribution in [3.63, 3.8) is 0 Å². The SMILES string of the molecule is CC1(CN)CCN(C(=O)c2ccc(-n3ccnc3)c([N+](=O)[O-])c2)C1. The zero-order valence-corrected chi connectivity index (χ0v) is 13.4. The number of likely N-dealkylation sites (tertiary alicyclic amines) is 1. The van der Waals surface area contributed by atoms with Crippen LogP contribution < -0.4 is 5.73 Å². The van der Waals surface area contributed by atoms with Gasteiger partial charge in [-0.1, -0.05) is 6.92 Å². The molecule has 0 radical (unpaired) electrons. The Bertz CT molecular complexity index is 774. The van der Waals surface area contributed by atoms with Crippen molar-refractivity contribution < 1.29 is 9.72 Å². The predicted molar refractivity (Wildman–Crippen MR) is 87.9 cm³/mol. The van der Waals surface area contributed by atoms with Gasteiger partial charge in [-0.05, 0) is 30.5 Å². The minimum Gasteiger partial charge on any atom is -0.338 e. The van der Waals surface area contributed by atoms with Crippen molar-refractivity contribution in [1.82, 2.24) is 14.5 Å². The molecular weight excluding hydrogens is 310 g/mol. The first-order valence-corrected chi connectivity index (χ1v) is 7.70. The van der Waals surface area contributed by atoms with Crippen LogP contribution in [0.2, 0.25) is 0 Å². The third kappa shape index (κ3) is 2.88. The van der Waals surface area contributed by atoms with Gasteiger partial charge < -0.3 is 15.2 Å². The molecule has 126 valence electrons. The maximum atomic E-state index is 12.7. The molecule has 8 nitrogen and oxygen atoms in total. The molecule has 0 saturated carbocycles. The third-order valence-electron chi connectivity index (χ3n) is 4.54. The number of aromatic nitrogens is 2. The summed E-state index contributed by atoms with van der Waals surface area (Å²) in [4.78, 5) is 29.2. The van der Waals surface area contributed by atoms with E-state index in [1.165, 1.54) is 12.4 Å². The fourth-order valence-corrected chi connectivity index (χ4v) is 2.97. The van der Waals surface area contributed by atoms with Gasteiger partial charge in [-0.15, -0.1) is 0 Å². The summed E-state index contributed by atoms with van der Waals surface area (Å²) in [6.07, 6.45) is 5.49. The lowest BCUT2D eigenvalue weighted by Crippen LogP contribution is -2.34. The lowest BCUT2D eigenvalue weighted by molar-refractivity contribution is -0.384. The van der Waals surface area contributed by atoms with Crippen LogP contribution in [0.15, 0.2) is 36.9 Å². The molecule has 1 saturated heterocycles. The van der Waals surface area contributed by atoms with E-state index >= 15 is 0 Å². The number of rotatable bonds is 4. The second-order valence-electron chi connectivity index (χ2n) is 6.42. The molecule has 2 aromatic rings. The Morgan fingerprint density at radius 3 is 2.88 bits per heavy atom. The molecule has 1 amide bonds. The van der Waals surface area contributed by atoms with Gasteiger partial charge in [-0.25, -0.2) is 4.98 Å². The van der Waals surface area contributed by atoms with Crippen molar-refractivity contribution in [2.45, 2.75) is 13.3 Å². The van der Waals surface area contributed by atoms with Gasteiger partial charge in [0.1, 0.15) is 5.69 Å². The number of nitrogens with zero attached hydrogens (tertiary/aromatic N) is 4. The van der Waals surface area contributed by atoms with Gasteiger partial charge in [-0.3, -0.25) is 14.9 Å². The lowest BCUT2D eigenvalue weighted by atomic mass is 9.90. The first-order valence-electron chi connectivity index (χ1n) is 7.70. The molecule has 24 heavy (non-hydrogen) atoms. The van der Waals surface area contributed by atoms with E-state index in [2.05, 4.69) is 4.98 Å². The number of nitrogens with two attached hydrogens (primary N) is 1. The quantitative estimate of drug-likeness (QED) is 0.677. The summed E-state index contributed by atoms with van der Waals surface area (Å²) in [6, 6.07) is 4.52.